The first-order valence-corrected chi connectivity index (χ1v) is 17.4. The summed E-state index contributed by atoms with van der Waals surface area (Å²) in [7, 11) is 3.24. The molecule has 0 unspecified atom stereocenters. The van der Waals surface area contributed by atoms with E-state index in [1.807, 2.05) is 66.5 Å². The number of aromatic nitrogens is 4. The van der Waals surface area contributed by atoms with Gasteiger partial charge in [-0.2, -0.15) is 0 Å². The molecule has 272 valence electrons. The molecule has 0 saturated carbocycles. The molecule has 13 heteroatoms. The minimum Gasteiger partial charge on any atom is -0.481 e. The number of carbonyl (C=O) groups is 1. The highest BCUT2D eigenvalue weighted by Crippen LogP contribution is 2.44. The Hall–Kier alpha value is -5.33. The fourth-order valence-electron chi connectivity index (χ4n) is 7.61. The summed E-state index contributed by atoms with van der Waals surface area (Å²) in [6.07, 6.45) is 2.82. The highest BCUT2D eigenvalue weighted by Gasteiger charge is 2.43. The molecule has 11 nitrogen and oxygen atoms in total. The van der Waals surface area contributed by atoms with E-state index in [1.165, 1.54) is 30.0 Å². The van der Waals surface area contributed by atoms with Gasteiger partial charge >= 0.3 is 6.09 Å². The van der Waals surface area contributed by atoms with E-state index < -0.39 is 23.3 Å². The van der Waals surface area contributed by atoms with Gasteiger partial charge in [0, 0.05) is 50.5 Å². The van der Waals surface area contributed by atoms with Crippen molar-refractivity contribution in [2.75, 3.05) is 43.6 Å². The number of aryl methyl sites for hydroxylation is 1. The van der Waals surface area contributed by atoms with Crippen LogP contribution in [-0.4, -0.2) is 82.0 Å². The van der Waals surface area contributed by atoms with Gasteiger partial charge in [0.05, 0.1) is 41.2 Å². The third kappa shape index (κ3) is 5.66. The van der Waals surface area contributed by atoms with E-state index in [0.29, 0.717) is 53.2 Å². The second kappa shape index (κ2) is 12.7. The topological polar surface area (TPSA) is 106 Å². The number of piperazine rings is 1. The number of fused-ring (bicyclic) bond motifs is 6. The zero-order valence-corrected chi connectivity index (χ0v) is 30.9. The van der Waals surface area contributed by atoms with Crippen molar-refractivity contribution >= 4 is 39.3 Å². The molecule has 0 aliphatic carbocycles. The first kappa shape index (κ1) is 35.1. The summed E-state index contributed by atoms with van der Waals surface area (Å²) in [5.41, 5.74) is 1.55. The smallest absolute Gasteiger partial charge is 0.410 e. The highest BCUT2D eigenvalue weighted by atomic mass is 19.1. The van der Waals surface area contributed by atoms with Crippen LogP contribution >= 0.6 is 0 Å². The molecular weight excluding hydrogens is 668 g/mol. The average molecular weight is 712 g/mol. The van der Waals surface area contributed by atoms with Crippen molar-refractivity contribution in [1.29, 1.82) is 0 Å². The van der Waals surface area contributed by atoms with Crippen molar-refractivity contribution in [1.82, 2.24) is 24.4 Å². The van der Waals surface area contributed by atoms with E-state index in [0.717, 1.165) is 5.56 Å². The fourth-order valence-corrected chi connectivity index (χ4v) is 7.61. The van der Waals surface area contributed by atoms with E-state index in [2.05, 4.69) is 14.9 Å². The summed E-state index contributed by atoms with van der Waals surface area (Å²) in [6, 6.07) is 7.14. The number of benzene rings is 1. The van der Waals surface area contributed by atoms with E-state index in [4.69, 9.17) is 14.5 Å². The Morgan fingerprint density at radius 1 is 0.981 bits per heavy atom. The Kier molecular flexibility index (Phi) is 8.58. The van der Waals surface area contributed by atoms with Crippen molar-refractivity contribution < 1.29 is 23.0 Å². The molecule has 2 aliphatic heterocycles. The van der Waals surface area contributed by atoms with Crippen molar-refractivity contribution in [3.05, 3.63) is 76.0 Å². The molecule has 1 amide bonds. The lowest BCUT2D eigenvalue weighted by Crippen LogP contribution is -2.64. The number of methoxy groups -OCH3 is 1. The van der Waals surface area contributed by atoms with Crippen LogP contribution in [0, 0.1) is 18.6 Å². The molecule has 2 aliphatic rings. The molecule has 5 aromatic rings. The predicted molar refractivity (Wildman–Crippen MR) is 198 cm³/mol. The SMILES string of the molecule is COc1nccc2ccc(F)c(-c3nc4c(cc3F)c3c(c(=O)n4-c4c(C)ccnc4C(C)C)N(C)C[C@H]4CN(C(=O)OC(C)(C)C)[C@H](C)CN34)c12. The van der Waals surface area contributed by atoms with Crippen molar-refractivity contribution in [3.63, 3.8) is 0 Å². The second-order valence-electron chi connectivity index (χ2n) is 15.1. The Bertz CT molecular complexity index is 2320. The van der Waals surface area contributed by atoms with Gasteiger partial charge in [0.15, 0.2) is 5.65 Å². The highest BCUT2D eigenvalue weighted by molar-refractivity contribution is 6.03. The lowest BCUT2D eigenvalue weighted by atomic mass is 9.98. The lowest BCUT2D eigenvalue weighted by Gasteiger charge is -2.51. The van der Waals surface area contributed by atoms with Crippen LogP contribution in [0.3, 0.4) is 0 Å². The number of hydrogen-bond acceptors (Lipinski definition) is 9. The molecule has 7 rings (SSSR count). The lowest BCUT2D eigenvalue weighted by molar-refractivity contribution is 0.0125. The summed E-state index contributed by atoms with van der Waals surface area (Å²) in [5.74, 6) is -1.47. The zero-order chi connectivity index (χ0) is 37.4. The molecule has 52 heavy (non-hydrogen) atoms. The fraction of sp³-hybridized carbons (Fsp3) is 0.410. The number of likely N-dealkylation sites (N-methyl/N-ethyl adjacent to an activating group) is 1. The quantitative estimate of drug-likeness (QED) is 0.195. The third-order valence-corrected chi connectivity index (χ3v) is 9.88. The molecule has 0 N–H and O–H groups in total. The van der Waals surface area contributed by atoms with Gasteiger partial charge in [-0.1, -0.05) is 19.9 Å². The van der Waals surface area contributed by atoms with Crippen LogP contribution in [-0.2, 0) is 4.74 Å². The number of hydrogen-bond donors (Lipinski definition) is 0. The number of halogens is 2. The second-order valence-corrected chi connectivity index (χ2v) is 15.1. The number of anilines is 2. The minimum atomic E-state index is -0.783. The number of pyridine rings is 4. The predicted octanol–water partition coefficient (Wildman–Crippen LogP) is 6.98. The van der Waals surface area contributed by atoms with Gasteiger partial charge < -0.3 is 24.2 Å². The minimum absolute atomic E-state index is 0.0810. The number of amides is 1. The van der Waals surface area contributed by atoms with Gasteiger partial charge in [0.25, 0.3) is 5.56 Å². The van der Waals surface area contributed by atoms with Gasteiger partial charge in [0.1, 0.15) is 28.6 Å². The van der Waals surface area contributed by atoms with Crippen LogP contribution in [0.4, 0.5) is 25.0 Å². The summed E-state index contributed by atoms with van der Waals surface area (Å²) in [4.78, 5) is 47.9. The van der Waals surface area contributed by atoms with Crippen molar-refractivity contribution in [2.24, 2.45) is 0 Å². The molecular formula is C39H43F2N7O4. The first-order valence-electron chi connectivity index (χ1n) is 17.4. The Balaban J connectivity index is 1.55. The number of carbonyl (C=O) groups excluding carboxylic acids is 1. The maximum atomic E-state index is 16.9. The summed E-state index contributed by atoms with van der Waals surface area (Å²) >= 11 is 0. The molecule has 6 heterocycles. The number of rotatable bonds is 4. The first-order chi connectivity index (χ1) is 24.6. The van der Waals surface area contributed by atoms with Gasteiger partial charge in [-0.15, -0.1) is 0 Å². The van der Waals surface area contributed by atoms with E-state index >= 15 is 13.6 Å². The van der Waals surface area contributed by atoms with Gasteiger partial charge in [-0.3, -0.25) is 14.3 Å². The Morgan fingerprint density at radius 2 is 1.71 bits per heavy atom. The normalized spacial score (nSPS) is 17.5. The molecule has 1 fully saturated rings. The molecule has 2 atom stereocenters. The monoisotopic (exact) mass is 711 g/mol. The van der Waals surface area contributed by atoms with Gasteiger partial charge in [-0.25, -0.2) is 23.5 Å². The Labute approximate surface area is 300 Å². The number of nitrogens with zero attached hydrogens (tertiary/aromatic N) is 7. The van der Waals surface area contributed by atoms with Gasteiger partial charge in [0.2, 0.25) is 5.88 Å². The largest absolute Gasteiger partial charge is 0.481 e. The van der Waals surface area contributed by atoms with Crippen LogP contribution in [0.1, 0.15) is 58.7 Å². The van der Waals surface area contributed by atoms with E-state index in [9.17, 15) is 4.79 Å². The summed E-state index contributed by atoms with van der Waals surface area (Å²) in [5, 5.41) is 1.21. The molecule has 1 saturated heterocycles. The number of ether oxygens (including phenoxy) is 2. The molecule has 1 aromatic carbocycles. The van der Waals surface area contributed by atoms with Crippen LogP contribution in [0.2, 0.25) is 0 Å². The van der Waals surface area contributed by atoms with E-state index in [-0.39, 0.29) is 51.7 Å². The van der Waals surface area contributed by atoms with Crippen LogP contribution < -0.4 is 20.1 Å². The zero-order valence-electron chi connectivity index (χ0n) is 30.9. The molecule has 0 spiro atoms. The molecule has 4 aromatic heterocycles. The van der Waals surface area contributed by atoms with Crippen LogP contribution in [0.15, 0.2) is 47.5 Å². The summed E-state index contributed by atoms with van der Waals surface area (Å²) < 4.78 is 45.6. The van der Waals surface area contributed by atoms with Crippen molar-refractivity contribution in [2.45, 2.75) is 72.1 Å². The molecule has 0 bridgehead atoms. The van der Waals surface area contributed by atoms with Gasteiger partial charge in [-0.05, 0) is 75.8 Å². The Morgan fingerprint density at radius 3 is 2.40 bits per heavy atom. The van der Waals surface area contributed by atoms with E-state index in [1.54, 1.807) is 23.2 Å². The third-order valence-electron chi connectivity index (χ3n) is 9.88. The van der Waals surface area contributed by atoms with Crippen LogP contribution in [0.25, 0.3) is 38.8 Å². The maximum Gasteiger partial charge on any atom is 0.410 e. The average Bonchev–Trinajstić information content (AvgIpc) is 3.07. The standard InChI is InChI=1S/C39H43F2N7O4/c1-20(2)30-32(21(3)12-14-42-30)48-35-25(16-27(41)31(44-35)29-26(40)11-10-23-13-15-43-36(51-9)28(23)29)33-34(37(48)49)45(8)18-24-19-46(22(4)17-47(24)33)38(50)52-39(5,6)7/h10-16,20,22,24H,17-19H2,1-9H3/t22-,24+/m1/s1. The van der Waals surface area contributed by atoms with Crippen molar-refractivity contribution in [3.8, 4) is 22.8 Å². The van der Waals surface area contributed by atoms with Crippen LogP contribution in [0.5, 0.6) is 5.88 Å². The molecule has 0 radical (unpaired) electrons. The maximum absolute atomic E-state index is 16.9. The summed E-state index contributed by atoms with van der Waals surface area (Å²) in [6.45, 7) is 14.4.